The summed E-state index contributed by atoms with van der Waals surface area (Å²) in [6.07, 6.45) is -0.115. The lowest BCUT2D eigenvalue weighted by molar-refractivity contribution is -0.0273. The van der Waals surface area contributed by atoms with Crippen molar-refractivity contribution in [1.29, 1.82) is 0 Å². The second-order valence-electron chi connectivity index (χ2n) is 4.78. The molecule has 0 aliphatic carbocycles. The second kappa shape index (κ2) is 6.48. The fourth-order valence-corrected chi connectivity index (χ4v) is 2.18. The molecule has 0 unspecified atom stereocenters. The number of rotatable bonds is 5. The number of aromatic amines is 1. The first-order valence-corrected chi connectivity index (χ1v) is 6.45. The summed E-state index contributed by atoms with van der Waals surface area (Å²) in [5.41, 5.74) is 7.13. The van der Waals surface area contributed by atoms with E-state index in [1.165, 1.54) is 6.20 Å². The number of allylic oxidation sites excluding steroid dienone is 1. The molecule has 0 saturated carbocycles. The largest absolute Gasteiger partial charge is 0.455 e. The third-order valence-electron chi connectivity index (χ3n) is 3.11. The molecule has 0 radical (unpaired) electrons. The minimum Gasteiger partial charge on any atom is -0.455 e. The van der Waals surface area contributed by atoms with Crippen LogP contribution in [0.15, 0.2) is 33.2 Å². The van der Waals surface area contributed by atoms with E-state index in [0.29, 0.717) is 0 Å². The monoisotopic (exact) mass is 309 g/mol. The zero-order valence-corrected chi connectivity index (χ0v) is 11.8. The van der Waals surface area contributed by atoms with Crippen LogP contribution in [0.3, 0.4) is 0 Å². The van der Waals surface area contributed by atoms with Gasteiger partial charge in [0.05, 0.1) is 30.7 Å². The Morgan fingerprint density at radius 3 is 3.05 bits per heavy atom. The molecule has 3 atom stereocenters. The molecule has 1 aromatic rings. The van der Waals surface area contributed by atoms with Crippen LogP contribution in [-0.4, -0.2) is 33.4 Å². The Balaban J connectivity index is 2.36. The van der Waals surface area contributed by atoms with Gasteiger partial charge in [0.1, 0.15) is 6.23 Å². The van der Waals surface area contributed by atoms with E-state index in [1.807, 2.05) is 0 Å². The standard InChI is InChI=1S/C12H15N5O5/c1-6(2)21-8-4-17(12(20)14-11(8)19)10-3-7(15-16-13)9(5-18)22-10/h4,7,9-10,18H,1,3,5H2,2H3,(H,14,19,20)/t7-,9+,10+/m0/s1. The van der Waals surface area contributed by atoms with Gasteiger partial charge in [0.2, 0.25) is 5.75 Å². The molecule has 22 heavy (non-hydrogen) atoms. The predicted molar refractivity (Wildman–Crippen MR) is 75.3 cm³/mol. The number of aromatic nitrogens is 2. The Morgan fingerprint density at radius 1 is 1.73 bits per heavy atom. The Morgan fingerprint density at radius 2 is 2.45 bits per heavy atom. The molecule has 2 rings (SSSR count). The fourth-order valence-electron chi connectivity index (χ4n) is 2.18. The van der Waals surface area contributed by atoms with Crippen molar-refractivity contribution >= 4 is 0 Å². The van der Waals surface area contributed by atoms with E-state index in [-0.39, 0.29) is 24.5 Å². The quantitative estimate of drug-likeness (QED) is 0.350. The van der Waals surface area contributed by atoms with Gasteiger partial charge in [-0.3, -0.25) is 14.3 Å². The lowest BCUT2D eigenvalue weighted by Crippen LogP contribution is -2.33. The summed E-state index contributed by atoms with van der Waals surface area (Å²) < 4.78 is 11.8. The maximum atomic E-state index is 11.9. The summed E-state index contributed by atoms with van der Waals surface area (Å²) in [5, 5.41) is 12.8. The van der Waals surface area contributed by atoms with Crippen molar-refractivity contribution in [2.24, 2.45) is 5.11 Å². The minimum atomic E-state index is -0.788. The highest BCUT2D eigenvalue weighted by Gasteiger charge is 2.36. The SMILES string of the molecule is C=C(C)Oc1cn([C@H]2C[C@H](N=[N+]=[N-])[C@@H](CO)O2)c(=O)[nH]c1=O. The Labute approximate surface area is 124 Å². The first kappa shape index (κ1) is 15.8. The van der Waals surface area contributed by atoms with E-state index >= 15 is 0 Å². The number of hydrogen-bond acceptors (Lipinski definition) is 6. The summed E-state index contributed by atoms with van der Waals surface area (Å²) in [6.45, 7) is 4.72. The van der Waals surface area contributed by atoms with Gasteiger partial charge in [-0.05, 0) is 12.5 Å². The predicted octanol–water partition coefficient (Wildman–Crippen LogP) is 0.408. The molecule has 0 bridgehead atoms. The topological polar surface area (TPSA) is 142 Å². The number of nitrogens with zero attached hydrogens (tertiary/aromatic N) is 4. The lowest BCUT2D eigenvalue weighted by atomic mass is 10.1. The van der Waals surface area contributed by atoms with E-state index < -0.39 is 29.6 Å². The highest BCUT2D eigenvalue weighted by molar-refractivity contribution is 5.15. The fraction of sp³-hybridized carbons (Fsp3) is 0.500. The summed E-state index contributed by atoms with van der Waals surface area (Å²) in [7, 11) is 0. The van der Waals surface area contributed by atoms with E-state index in [9.17, 15) is 14.7 Å². The molecule has 2 N–H and O–H groups in total. The first-order valence-electron chi connectivity index (χ1n) is 6.45. The average molecular weight is 309 g/mol. The number of hydrogen-bond donors (Lipinski definition) is 2. The van der Waals surface area contributed by atoms with Crippen LogP contribution in [0, 0.1) is 0 Å². The maximum absolute atomic E-state index is 11.9. The average Bonchev–Trinajstić information content (AvgIpc) is 2.84. The van der Waals surface area contributed by atoms with Gasteiger partial charge in [-0.1, -0.05) is 11.7 Å². The normalized spacial score (nSPS) is 23.8. The van der Waals surface area contributed by atoms with E-state index in [2.05, 4.69) is 21.6 Å². The molecule has 1 aliphatic rings. The first-order chi connectivity index (χ1) is 10.5. The lowest BCUT2D eigenvalue weighted by Gasteiger charge is -2.15. The van der Waals surface area contributed by atoms with Gasteiger partial charge in [-0.2, -0.15) is 0 Å². The molecule has 10 nitrogen and oxygen atoms in total. The van der Waals surface area contributed by atoms with Crippen molar-refractivity contribution < 1.29 is 14.6 Å². The number of azide groups is 1. The van der Waals surface area contributed by atoms with Crippen LogP contribution in [-0.2, 0) is 4.74 Å². The molecule has 0 aromatic carbocycles. The van der Waals surface area contributed by atoms with Crippen LogP contribution in [0.4, 0.5) is 0 Å². The van der Waals surface area contributed by atoms with Gasteiger partial charge in [-0.15, -0.1) is 0 Å². The number of aliphatic hydroxyl groups excluding tert-OH is 1. The van der Waals surface area contributed by atoms with Crippen LogP contribution in [0.2, 0.25) is 0 Å². The van der Waals surface area contributed by atoms with Gasteiger partial charge in [0.25, 0.3) is 5.56 Å². The van der Waals surface area contributed by atoms with Crippen LogP contribution in [0.25, 0.3) is 10.4 Å². The molecule has 0 amide bonds. The van der Waals surface area contributed by atoms with Crippen LogP contribution >= 0.6 is 0 Å². The van der Waals surface area contributed by atoms with Crippen LogP contribution < -0.4 is 16.0 Å². The Kier molecular flexibility index (Phi) is 4.66. The molecule has 10 heteroatoms. The van der Waals surface area contributed by atoms with Gasteiger partial charge in [0.15, 0.2) is 0 Å². The minimum absolute atomic E-state index is 0.108. The van der Waals surface area contributed by atoms with Gasteiger partial charge >= 0.3 is 5.69 Å². The van der Waals surface area contributed by atoms with Gasteiger partial charge in [-0.25, -0.2) is 4.79 Å². The summed E-state index contributed by atoms with van der Waals surface area (Å²) in [4.78, 5) is 28.4. The molecule has 118 valence electrons. The molecule has 1 aromatic heterocycles. The molecular weight excluding hydrogens is 294 g/mol. The van der Waals surface area contributed by atoms with Crippen LogP contribution in [0.5, 0.6) is 5.75 Å². The molecule has 1 fully saturated rings. The van der Waals surface area contributed by atoms with Crippen molar-refractivity contribution in [2.75, 3.05) is 6.61 Å². The van der Waals surface area contributed by atoms with Gasteiger partial charge in [0, 0.05) is 11.3 Å². The molecule has 1 saturated heterocycles. The summed E-state index contributed by atoms with van der Waals surface area (Å²) in [6, 6.07) is -0.607. The zero-order chi connectivity index (χ0) is 16.3. The Bertz CT molecular complexity index is 732. The zero-order valence-electron chi connectivity index (χ0n) is 11.8. The van der Waals surface area contributed by atoms with Gasteiger partial charge < -0.3 is 14.6 Å². The summed E-state index contributed by atoms with van der Waals surface area (Å²) in [5.74, 6) is 0.173. The number of aliphatic hydroxyl groups is 1. The second-order valence-corrected chi connectivity index (χ2v) is 4.78. The molecule has 1 aliphatic heterocycles. The van der Waals surface area contributed by atoms with Crippen molar-refractivity contribution in [3.8, 4) is 5.75 Å². The molecule has 0 spiro atoms. The third-order valence-corrected chi connectivity index (χ3v) is 3.11. The smallest absolute Gasteiger partial charge is 0.330 e. The van der Waals surface area contributed by atoms with Crippen molar-refractivity contribution in [2.45, 2.75) is 31.7 Å². The Hall–Kier alpha value is -2.55. The maximum Gasteiger partial charge on any atom is 0.330 e. The molecule has 2 heterocycles. The number of nitrogens with one attached hydrogen (secondary N) is 1. The van der Waals surface area contributed by atoms with Crippen molar-refractivity contribution in [3.63, 3.8) is 0 Å². The molecular formula is C12H15N5O5. The summed E-state index contributed by atoms with van der Waals surface area (Å²) >= 11 is 0. The van der Waals surface area contributed by atoms with E-state index in [4.69, 9.17) is 15.0 Å². The number of H-pyrrole nitrogens is 1. The highest BCUT2D eigenvalue weighted by atomic mass is 16.5. The van der Waals surface area contributed by atoms with Crippen LogP contribution in [0.1, 0.15) is 19.6 Å². The number of ether oxygens (including phenoxy) is 2. The van der Waals surface area contributed by atoms with E-state index in [0.717, 1.165) is 4.57 Å². The third kappa shape index (κ3) is 3.19. The van der Waals surface area contributed by atoms with E-state index in [1.54, 1.807) is 6.92 Å². The van der Waals surface area contributed by atoms with Crippen molar-refractivity contribution in [1.82, 2.24) is 9.55 Å². The van der Waals surface area contributed by atoms with Crippen molar-refractivity contribution in [3.05, 3.63) is 49.8 Å². The highest BCUT2D eigenvalue weighted by Crippen LogP contribution is 2.30.